The third-order valence-corrected chi connectivity index (χ3v) is 3.64. The lowest BCUT2D eigenvalue weighted by Crippen LogP contribution is -2.56. The van der Waals surface area contributed by atoms with Crippen LogP contribution < -0.4 is 20.1 Å². The number of benzene rings is 1. The van der Waals surface area contributed by atoms with Crippen molar-refractivity contribution in [3.05, 3.63) is 18.2 Å². The molecule has 5 heteroatoms. The standard InChI is InChI=1S/C13H18N2O3/c14-13(8-16)4-1-5-15(7-13)10-2-3-11-12(6-10)18-9-17-11/h2-3,6,16H,1,4-5,7-9,14H2. The van der Waals surface area contributed by atoms with Gasteiger partial charge in [-0.25, -0.2) is 0 Å². The summed E-state index contributed by atoms with van der Waals surface area (Å²) in [6.07, 6.45) is 1.86. The van der Waals surface area contributed by atoms with Crippen LogP contribution in [-0.2, 0) is 0 Å². The smallest absolute Gasteiger partial charge is 0.231 e. The van der Waals surface area contributed by atoms with Crippen LogP contribution >= 0.6 is 0 Å². The van der Waals surface area contributed by atoms with E-state index in [1.165, 1.54) is 0 Å². The molecule has 3 rings (SSSR count). The first-order chi connectivity index (χ1) is 8.70. The highest BCUT2D eigenvalue weighted by molar-refractivity contribution is 5.57. The lowest BCUT2D eigenvalue weighted by Gasteiger charge is -2.40. The molecule has 1 aromatic rings. The van der Waals surface area contributed by atoms with Gasteiger partial charge in [-0.2, -0.15) is 0 Å². The molecular formula is C13H18N2O3. The molecule has 0 radical (unpaired) electrons. The van der Waals surface area contributed by atoms with Crippen molar-refractivity contribution in [2.45, 2.75) is 18.4 Å². The van der Waals surface area contributed by atoms with E-state index in [2.05, 4.69) is 4.90 Å². The van der Waals surface area contributed by atoms with Gasteiger partial charge in [0.15, 0.2) is 11.5 Å². The van der Waals surface area contributed by atoms with Crippen molar-refractivity contribution in [1.29, 1.82) is 0 Å². The van der Waals surface area contributed by atoms with Gasteiger partial charge < -0.3 is 25.2 Å². The van der Waals surface area contributed by atoms with Gasteiger partial charge in [0.25, 0.3) is 0 Å². The summed E-state index contributed by atoms with van der Waals surface area (Å²) < 4.78 is 10.7. The zero-order valence-corrected chi connectivity index (χ0v) is 10.3. The van der Waals surface area contributed by atoms with E-state index in [1.807, 2.05) is 18.2 Å². The first kappa shape index (κ1) is 11.6. The molecule has 98 valence electrons. The zero-order chi connectivity index (χ0) is 12.6. The number of ether oxygens (including phenoxy) is 2. The number of aliphatic hydroxyl groups excluding tert-OH is 1. The topological polar surface area (TPSA) is 68.0 Å². The fraction of sp³-hybridized carbons (Fsp3) is 0.538. The molecule has 0 bridgehead atoms. The molecule has 0 saturated carbocycles. The maximum Gasteiger partial charge on any atom is 0.231 e. The van der Waals surface area contributed by atoms with E-state index in [0.29, 0.717) is 6.54 Å². The normalized spacial score (nSPS) is 26.4. The molecule has 0 aliphatic carbocycles. The molecule has 0 spiro atoms. The second-order valence-corrected chi connectivity index (χ2v) is 5.08. The number of aliphatic hydroxyl groups is 1. The van der Waals surface area contributed by atoms with Crippen molar-refractivity contribution in [3.63, 3.8) is 0 Å². The van der Waals surface area contributed by atoms with Crippen LogP contribution in [0, 0.1) is 0 Å². The minimum absolute atomic E-state index is 0.0219. The Morgan fingerprint density at radius 3 is 3.00 bits per heavy atom. The predicted octanol–water partition coefficient (Wildman–Crippen LogP) is 0.705. The maximum atomic E-state index is 9.37. The summed E-state index contributed by atoms with van der Waals surface area (Å²) in [7, 11) is 0. The SMILES string of the molecule is NC1(CO)CCCN(c2ccc3c(c2)OCO3)C1. The van der Waals surface area contributed by atoms with Crippen LogP contribution in [0.15, 0.2) is 18.2 Å². The summed E-state index contributed by atoms with van der Waals surface area (Å²) in [4.78, 5) is 2.20. The highest BCUT2D eigenvalue weighted by Gasteiger charge is 2.31. The average molecular weight is 250 g/mol. The number of fused-ring (bicyclic) bond motifs is 1. The van der Waals surface area contributed by atoms with Crippen LogP contribution in [0.4, 0.5) is 5.69 Å². The van der Waals surface area contributed by atoms with Gasteiger partial charge >= 0.3 is 0 Å². The third kappa shape index (κ3) is 2.00. The Morgan fingerprint density at radius 2 is 2.17 bits per heavy atom. The molecule has 3 N–H and O–H groups in total. The molecule has 2 heterocycles. The van der Waals surface area contributed by atoms with Crippen LogP contribution in [0.2, 0.25) is 0 Å². The molecule has 2 aliphatic rings. The lowest BCUT2D eigenvalue weighted by molar-refractivity contribution is 0.173. The summed E-state index contributed by atoms with van der Waals surface area (Å²) >= 11 is 0. The first-order valence-corrected chi connectivity index (χ1v) is 6.25. The van der Waals surface area contributed by atoms with Crippen LogP contribution in [0.1, 0.15) is 12.8 Å². The van der Waals surface area contributed by atoms with Gasteiger partial charge in [-0.15, -0.1) is 0 Å². The minimum atomic E-state index is -0.491. The van der Waals surface area contributed by atoms with Crippen LogP contribution in [0.3, 0.4) is 0 Å². The molecule has 0 aromatic heterocycles. The van der Waals surface area contributed by atoms with E-state index in [1.54, 1.807) is 0 Å². The van der Waals surface area contributed by atoms with Crippen LogP contribution in [0.5, 0.6) is 11.5 Å². The second kappa shape index (κ2) is 4.33. The summed E-state index contributed by atoms with van der Waals surface area (Å²) in [6, 6.07) is 5.91. The summed E-state index contributed by atoms with van der Waals surface area (Å²) in [6.45, 7) is 1.94. The number of nitrogens with zero attached hydrogens (tertiary/aromatic N) is 1. The highest BCUT2D eigenvalue weighted by Crippen LogP contribution is 2.36. The Bertz CT molecular complexity index is 452. The molecule has 5 nitrogen and oxygen atoms in total. The molecule has 1 atom stereocenters. The molecule has 1 unspecified atom stereocenters. The number of hydrogen-bond acceptors (Lipinski definition) is 5. The van der Waals surface area contributed by atoms with Gasteiger partial charge in [0, 0.05) is 24.8 Å². The quantitative estimate of drug-likeness (QED) is 0.809. The third-order valence-electron chi connectivity index (χ3n) is 3.64. The van der Waals surface area contributed by atoms with Gasteiger partial charge in [-0.1, -0.05) is 0 Å². The summed E-state index contributed by atoms with van der Waals surface area (Å²) in [5.41, 5.74) is 6.73. The van der Waals surface area contributed by atoms with Crippen molar-refractivity contribution >= 4 is 5.69 Å². The van der Waals surface area contributed by atoms with Gasteiger partial charge in [0.05, 0.1) is 12.1 Å². The summed E-state index contributed by atoms with van der Waals surface area (Å²) in [5, 5.41) is 9.37. The molecule has 2 aliphatic heterocycles. The van der Waals surface area contributed by atoms with Crippen molar-refractivity contribution in [2.75, 3.05) is 31.4 Å². The van der Waals surface area contributed by atoms with E-state index in [9.17, 15) is 5.11 Å². The van der Waals surface area contributed by atoms with Gasteiger partial charge in [0.1, 0.15) is 0 Å². The Morgan fingerprint density at radius 1 is 1.33 bits per heavy atom. The Kier molecular flexibility index (Phi) is 2.80. The summed E-state index contributed by atoms with van der Waals surface area (Å²) in [5.74, 6) is 1.57. The number of rotatable bonds is 2. The van der Waals surface area contributed by atoms with Crippen LogP contribution in [-0.4, -0.2) is 37.1 Å². The van der Waals surface area contributed by atoms with Crippen molar-refractivity contribution < 1.29 is 14.6 Å². The number of hydrogen-bond donors (Lipinski definition) is 2. The minimum Gasteiger partial charge on any atom is -0.454 e. The Hall–Kier alpha value is -1.46. The van der Waals surface area contributed by atoms with Gasteiger partial charge in [-0.05, 0) is 25.0 Å². The molecule has 18 heavy (non-hydrogen) atoms. The van der Waals surface area contributed by atoms with Crippen LogP contribution in [0.25, 0.3) is 0 Å². The Balaban J connectivity index is 1.82. The highest BCUT2D eigenvalue weighted by atomic mass is 16.7. The number of anilines is 1. The van der Waals surface area contributed by atoms with E-state index >= 15 is 0 Å². The maximum absolute atomic E-state index is 9.37. The molecule has 1 fully saturated rings. The number of piperidine rings is 1. The zero-order valence-electron chi connectivity index (χ0n) is 10.3. The second-order valence-electron chi connectivity index (χ2n) is 5.08. The Labute approximate surface area is 106 Å². The van der Waals surface area contributed by atoms with E-state index in [4.69, 9.17) is 15.2 Å². The number of nitrogens with two attached hydrogens (primary N) is 1. The lowest BCUT2D eigenvalue weighted by atomic mass is 9.91. The van der Waals surface area contributed by atoms with E-state index < -0.39 is 5.54 Å². The van der Waals surface area contributed by atoms with E-state index in [0.717, 1.165) is 36.6 Å². The van der Waals surface area contributed by atoms with Crippen molar-refractivity contribution in [2.24, 2.45) is 5.73 Å². The van der Waals surface area contributed by atoms with Gasteiger partial charge in [0.2, 0.25) is 6.79 Å². The van der Waals surface area contributed by atoms with Crippen molar-refractivity contribution in [3.8, 4) is 11.5 Å². The molecule has 1 saturated heterocycles. The largest absolute Gasteiger partial charge is 0.454 e. The van der Waals surface area contributed by atoms with E-state index in [-0.39, 0.29) is 13.4 Å². The average Bonchev–Trinajstić information content (AvgIpc) is 2.86. The first-order valence-electron chi connectivity index (χ1n) is 6.25. The molecule has 0 amide bonds. The van der Waals surface area contributed by atoms with Gasteiger partial charge in [-0.3, -0.25) is 0 Å². The fourth-order valence-corrected chi connectivity index (χ4v) is 2.59. The fourth-order valence-electron chi connectivity index (χ4n) is 2.59. The predicted molar refractivity (Wildman–Crippen MR) is 68.0 cm³/mol. The van der Waals surface area contributed by atoms with Crippen molar-refractivity contribution in [1.82, 2.24) is 0 Å². The molecule has 1 aromatic carbocycles. The monoisotopic (exact) mass is 250 g/mol. The molecular weight excluding hydrogens is 232 g/mol.